The largest absolute Gasteiger partial charge is 0.479 e. The van der Waals surface area contributed by atoms with Crippen molar-refractivity contribution in [3.63, 3.8) is 0 Å². The monoisotopic (exact) mass is 436 g/mol. The van der Waals surface area contributed by atoms with Gasteiger partial charge in [-0.2, -0.15) is 5.26 Å². The lowest BCUT2D eigenvalue weighted by atomic mass is 10.2. The Balaban J connectivity index is 1.42. The summed E-state index contributed by atoms with van der Waals surface area (Å²) in [6.45, 7) is 8.45. The molecule has 1 N–H and O–H groups in total. The normalized spacial score (nSPS) is 14.8. The quantitative estimate of drug-likeness (QED) is 0.636. The predicted molar refractivity (Wildman–Crippen MR) is 122 cm³/mol. The summed E-state index contributed by atoms with van der Waals surface area (Å²) < 4.78 is 10.5. The minimum Gasteiger partial charge on any atom is -0.479 e. The number of amides is 1. The van der Waals surface area contributed by atoms with E-state index in [9.17, 15) is 9.59 Å². The molecule has 1 saturated heterocycles. The molecule has 0 spiro atoms. The number of piperazine rings is 1. The number of nitriles is 1. The summed E-state index contributed by atoms with van der Waals surface area (Å²) in [6, 6.07) is 16.1. The molecule has 0 aliphatic carbocycles. The van der Waals surface area contributed by atoms with Gasteiger partial charge in [-0.1, -0.05) is 6.92 Å². The van der Waals surface area contributed by atoms with E-state index in [1.165, 1.54) is 6.92 Å². The lowest BCUT2D eigenvalue weighted by Gasteiger charge is -2.35. The van der Waals surface area contributed by atoms with Gasteiger partial charge in [-0.15, -0.1) is 0 Å². The van der Waals surface area contributed by atoms with Crippen molar-refractivity contribution in [1.29, 1.82) is 5.26 Å². The predicted octanol–water partition coefficient (Wildman–Crippen LogP) is 2.65. The van der Waals surface area contributed by atoms with Crippen molar-refractivity contribution in [2.45, 2.75) is 20.0 Å². The number of likely N-dealkylation sites (N-methyl/N-ethyl adjacent to an activating group) is 1. The molecule has 0 aromatic heterocycles. The third-order valence-electron chi connectivity index (χ3n) is 5.31. The fourth-order valence-electron chi connectivity index (χ4n) is 3.39. The number of carbonyl (C=O) groups is 2. The Bertz CT molecular complexity index is 945. The van der Waals surface area contributed by atoms with Crippen LogP contribution in [0.1, 0.15) is 19.4 Å². The molecule has 2 aromatic rings. The maximum absolute atomic E-state index is 12.1. The number of esters is 1. The highest BCUT2D eigenvalue weighted by atomic mass is 16.6. The van der Waals surface area contributed by atoms with Crippen molar-refractivity contribution in [3.05, 3.63) is 54.1 Å². The van der Waals surface area contributed by atoms with E-state index in [1.807, 2.05) is 30.3 Å². The number of nitrogens with one attached hydrogen (secondary N) is 1. The zero-order valence-electron chi connectivity index (χ0n) is 18.4. The van der Waals surface area contributed by atoms with Crippen LogP contribution in [0, 0.1) is 11.3 Å². The highest BCUT2D eigenvalue weighted by Crippen LogP contribution is 2.19. The summed E-state index contributed by atoms with van der Waals surface area (Å²) in [5.41, 5.74) is 2.26. The molecule has 2 aromatic carbocycles. The SMILES string of the molecule is CCN1CCN(c2ccc(NC(=O)COC(=O)C(C)Oc3ccc(C#N)cc3)cc2)CC1. The third kappa shape index (κ3) is 6.46. The second-order valence-electron chi connectivity index (χ2n) is 7.52. The van der Waals surface area contributed by atoms with Gasteiger partial charge < -0.3 is 24.6 Å². The van der Waals surface area contributed by atoms with Crippen LogP contribution in [0.25, 0.3) is 0 Å². The van der Waals surface area contributed by atoms with Gasteiger partial charge in [0.15, 0.2) is 12.7 Å². The molecule has 1 aliphatic rings. The topological polar surface area (TPSA) is 94.9 Å². The van der Waals surface area contributed by atoms with Gasteiger partial charge in [-0.25, -0.2) is 4.79 Å². The number of carbonyl (C=O) groups excluding carboxylic acids is 2. The average molecular weight is 437 g/mol. The van der Waals surface area contributed by atoms with Crippen molar-refractivity contribution in [3.8, 4) is 11.8 Å². The van der Waals surface area contributed by atoms with E-state index >= 15 is 0 Å². The molecule has 0 saturated carbocycles. The van der Waals surface area contributed by atoms with E-state index in [0.717, 1.165) is 38.4 Å². The number of hydrogen-bond acceptors (Lipinski definition) is 7. The molecule has 1 heterocycles. The number of rotatable bonds is 8. The highest BCUT2D eigenvalue weighted by molar-refractivity contribution is 5.93. The van der Waals surface area contributed by atoms with E-state index in [1.54, 1.807) is 24.3 Å². The molecule has 0 bridgehead atoms. The lowest BCUT2D eigenvalue weighted by molar-refractivity contribution is -0.153. The third-order valence-corrected chi connectivity index (χ3v) is 5.31. The van der Waals surface area contributed by atoms with Crippen LogP contribution < -0.4 is 15.0 Å². The maximum Gasteiger partial charge on any atom is 0.347 e. The van der Waals surface area contributed by atoms with Crippen molar-refractivity contribution in [1.82, 2.24) is 4.90 Å². The van der Waals surface area contributed by atoms with Crippen molar-refractivity contribution in [2.24, 2.45) is 0 Å². The fraction of sp³-hybridized carbons (Fsp3) is 0.375. The maximum atomic E-state index is 12.1. The number of anilines is 2. The van der Waals surface area contributed by atoms with Crippen molar-refractivity contribution < 1.29 is 19.1 Å². The van der Waals surface area contributed by atoms with E-state index in [0.29, 0.717) is 17.0 Å². The minimum absolute atomic E-state index is 0.402. The van der Waals surface area contributed by atoms with Crippen LogP contribution in [0.4, 0.5) is 11.4 Å². The van der Waals surface area contributed by atoms with E-state index in [-0.39, 0.29) is 0 Å². The Hall–Kier alpha value is -3.57. The van der Waals surface area contributed by atoms with Gasteiger partial charge in [-0.3, -0.25) is 4.79 Å². The zero-order chi connectivity index (χ0) is 22.9. The standard InChI is InChI=1S/C24H28N4O4/c1-3-27-12-14-28(15-13-27)21-8-6-20(7-9-21)26-23(29)17-31-24(30)18(2)32-22-10-4-19(16-25)5-11-22/h4-11,18H,3,12-15,17H2,1-2H3,(H,26,29). The molecule has 1 unspecified atom stereocenters. The first-order valence-electron chi connectivity index (χ1n) is 10.7. The van der Waals surface area contributed by atoms with Gasteiger partial charge in [0, 0.05) is 37.6 Å². The molecule has 32 heavy (non-hydrogen) atoms. The Morgan fingerprint density at radius 1 is 1.06 bits per heavy atom. The first-order valence-corrected chi connectivity index (χ1v) is 10.7. The Morgan fingerprint density at radius 3 is 2.31 bits per heavy atom. The van der Waals surface area contributed by atoms with Crippen LogP contribution in [0.5, 0.6) is 5.75 Å². The van der Waals surface area contributed by atoms with Gasteiger partial charge in [0.05, 0.1) is 11.6 Å². The summed E-state index contributed by atoms with van der Waals surface area (Å²) in [7, 11) is 0. The van der Waals surface area contributed by atoms with E-state index in [2.05, 4.69) is 22.0 Å². The Kier molecular flexibility index (Phi) is 8.06. The summed E-state index contributed by atoms with van der Waals surface area (Å²) >= 11 is 0. The Labute approximate surface area is 188 Å². The molecular formula is C24H28N4O4. The first-order chi connectivity index (χ1) is 15.5. The minimum atomic E-state index is -0.886. The second kappa shape index (κ2) is 11.2. The summed E-state index contributed by atoms with van der Waals surface area (Å²) in [5, 5.41) is 11.5. The van der Waals surface area contributed by atoms with Gasteiger partial charge in [0.2, 0.25) is 0 Å². The molecule has 3 rings (SSSR count). The molecule has 1 fully saturated rings. The average Bonchev–Trinajstić information content (AvgIpc) is 2.83. The van der Waals surface area contributed by atoms with Crippen molar-refractivity contribution >= 4 is 23.3 Å². The molecule has 8 heteroatoms. The summed E-state index contributed by atoms with van der Waals surface area (Å²) in [4.78, 5) is 29.0. The molecule has 168 valence electrons. The molecule has 1 atom stereocenters. The van der Waals surface area contributed by atoms with Gasteiger partial charge in [-0.05, 0) is 62.0 Å². The second-order valence-corrected chi connectivity index (χ2v) is 7.52. The molecular weight excluding hydrogens is 408 g/mol. The van der Waals surface area contributed by atoms with Gasteiger partial charge in [0.25, 0.3) is 5.91 Å². The number of ether oxygens (including phenoxy) is 2. The molecule has 8 nitrogen and oxygen atoms in total. The van der Waals surface area contributed by atoms with Gasteiger partial charge in [0.1, 0.15) is 5.75 Å². The zero-order valence-corrected chi connectivity index (χ0v) is 18.4. The van der Waals surface area contributed by atoms with Crippen LogP contribution in [0.2, 0.25) is 0 Å². The number of nitrogens with zero attached hydrogens (tertiary/aromatic N) is 3. The van der Waals surface area contributed by atoms with Crippen molar-refractivity contribution in [2.75, 3.05) is 49.5 Å². The summed E-state index contributed by atoms with van der Waals surface area (Å²) in [6.07, 6.45) is -0.886. The first kappa shape index (κ1) is 23.1. The fourth-order valence-corrected chi connectivity index (χ4v) is 3.39. The van der Waals surface area contributed by atoms with Crippen LogP contribution in [0.15, 0.2) is 48.5 Å². The number of hydrogen-bond donors (Lipinski definition) is 1. The van der Waals surface area contributed by atoms with Crippen LogP contribution in [-0.4, -0.2) is 62.2 Å². The Morgan fingerprint density at radius 2 is 1.72 bits per heavy atom. The van der Waals surface area contributed by atoms with Crippen LogP contribution >= 0.6 is 0 Å². The molecule has 0 radical (unpaired) electrons. The lowest BCUT2D eigenvalue weighted by Crippen LogP contribution is -2.46. The van der Waals surface area contributed by atoms with Crippen LogP contribution in [0.3, 0.4) is 0 Å². The van der Waals surface area contributed by atoms with Gasteiger partial charge >= 0.3 is 5.97 Å². The smallest absolute Gasteiger partial charge is 0.347 e. The highest BCUT2D eigenvalue weighted by Gasteiger charge is 2.18. The molecule has 1 amide bonds. The number of benzene rings is 2. The van der Waals surface area contributed by atoms with Crippen LogP contribution in [-0.2, 0) is 14.3 Å². The van der Waals surface area contributed by atoms with E-state index in [4.69, 9.17) is 14.7 Å². The molecule has 1 aliphatic heterocycles. The summed E-state index contributed by atoms with van der Waals surface area (Å²) in [5.74, 6) is -0.631. The van der Waals surface area contributed by atoms with E-state index < -0.39 is 24.6 Å².